The summed E-state index contributed by atoms with van der Waals surface area (Å²) < 4.78 is 14.9. The Labute approximate surface area is 103 Å². The lowest BCUT2D eigenvalue weighted by atomic mass is 10.3. The zero-order valence-electron chi connectivity index (χ0n) is 9.91. The lowest BCUT2D eigenvalue weighted by molar-refractivity contribution is 0.0436. The average molecular weight is 249 g/mol. The zero-order valence-corrected chi connectivity index (χ0v) is 9.91. The molecule has 0 bridgehead atoms. The molecule has 0 radical (unpaired) electrons. The van der Waals surface area contributed by atoms with Gasteiger partial charge in [-0.2, -0.15) is 0 Å². The first-order valence-electron chi connectivity index (χ1n) is 5.15. The number of aromatic nitrogens is 3. The van der Waals surface area contributed by atoms with E-state index in [-0.39, 0.29) is 12.5 Å². The molecule has 0 amide bonds. The van der Waals surface area contributed by atoms with Gasteiger partial charge in [0.15, 0.2) is 6.61 Å². The topological polar surface area (TPSA) is 87.3 Å². The summed E-state index contributed by atoms with van der Waals surface area (Å²) in [5, 5.41) is 7.33. The van der Waals surface area contributed by atoms with Gasteiger partial charge in [0, 0.05) is 19.2 Å². The van der Waals surface area contributed by atoms with Gasteiger partial charge in [0.05, 0.1) is 12.7 Å². The Bertz CT molecular complexity index is 535. The van der Waals surface area contributed by atoms with Gasteiger partial charge in [0.25, 0.3) is 5.89 Å². The minimum absolute atomic E-state index is 0.0638. The summed E-state index contributed by atoms with van der Waals surface area (Å²) in [5.74, 6) is 0.592. The fourth-order valence-corrected chi connectivity index (χ4v) is 1.23. The molecule has 18 heavy (non-hydrogen) atoms. The van der Waals surface area contributed by atoms with Crippen LogP contribution in [0, 0.1) is 6.92 Å². The Morgan fingerprint density at radius 1 is 1.39 bits per heavy atom. The molecule has 0 spiro atoms. The van der Waals surface area contributed by atoms with Gasteiger partial charge in [-0.15, -0.1) is 10.2 Å². The molecule has 0 unspecified atom stereocenters. The van der Waals surface area contributed by atoms with Crippen LogP contribution in [0.2, 0.25) is 0 Å². The molecule has 2 rings (SSSR count). The Morgan fingerprint density at radius 2 is 2.22 bits per heavy atom. The Morgan fingerprint density at radius 3 is 2.78 bits per heavy atom. The fraction of sp³-hybridized carbons (Fsp3) is 0.273. The molecule has 0 aromatic carbocycles. The first-order chi connectivity index (χ1) is 8.69. The van der Waals surface area contributed by atoms with Crippen LogP contribution < -0.4 is 4.74 Å². The maximum atomic E-state index is 11.6. The van der Waals surface area contributed by atoms with Crippen LogP contribution in [0.5, 0.6) is 5.88 Å². The summed E-state index contributed by atoms with van der Waals surface area (Å²) in [4.78, 5) is 15.5. The number of hydrogen-bond donors (Lipinski definition) is 0. The lowest BCUT2D eigenvalue weighted by Crippen LogP contribution is -2.06. The quantitative estimate of drug-likeness (QED) is 0.750. The fourth-order valence-electron chi connectivity index (χ4n) is 1.23. The van der Waals surface area contributed by atoms with Crippen LogP contribution in [0.15, 0.2) is 22.7 Å². The normalized spacial score (nSPS) is 10.1. The van der Waals surface area contributed by atoms with Gasteiger partial charge in [-0.05, 0) is 6.07 Å². The van der Waals surface area contributed by atoms with Crippen LogP contribution in [0.1, 0.15) is 22.1 Å². The van der Waals surface area contributed by atoms with E-state index in [0.717, 1.165) is 0 Å². The summed E-state index contributed by atoms with van der Waals surface area (Å²) in [6.07, 6.45) is 1.38. The second-order valence-corrected chi connectivity index (χ2v) is 3.38. The number of carbonyl (C=O) groups excluding carboxylic acids is 1. The number of nitrogens with zero attached hydrogens (tertiary/aromatic N) is 3. The third-order valence-electron chi connectivity index (χ3n) is 2.08. The van der Waals surface area contributed by atoms with Crippen LogP contribution in [-0.2, 0) is 11.3 Å². The SMILES string of the molecule is COc1ccc(C(=O)OCc2nnc(C)o2)cn1. The molecule has 2 heterocycles. The maximum absolute atomic E-state index is 11.6. The Balaban J connectivity index is 1.94. The highest BCUT2D eigenvalue weighted by Gasteiger charge is 2.10. The van der Waals surface area contributed by atoms with Crippen LogP contribution >= 0.6 is 0 Å². The molecule has 0 fully saturated rings. The number of hydrogen-bond acceptors (Lipinski definition) is 7. The van der Waals surface area contributed by atoms with Crippen molar-refractivity contribution in [2.75, 3.05) is 7.11 Å². The molecule has 7 nitrogen and oxygen atoms in total. The third kappa shape index (κ3) is 2.82. The zero-order chi connectivity index (χ0) is 13.0. The molecule has 0 atom stereocenters. The number of rotatable bonds is 4. The number of ether oxygens (including phenoxy) is 2. The van der Waals surface area contributed by atoms with E-state index in [0.29, 0.717) is 17.3 Å². The average Bonchev–Trinajstić information content (AvgIpc) is 2.82. The van der Waals surface area contributed by atoms with Crippen molar-refractivity contribution in [1.29, 1.82) is 0 Å². The molecule has 0 aliphatic heterocycles. The molecule has 7 heteroatoms. The largest absolute Gasteiger partial charge is 0.481 e. The molecule has 0 aliphatic rings. The summed E-state index contributed by atoms with van der Waals surface area (Å²) >= 11 is 0. The third-order valence-corrected chi connectivity index (χ3v) is 2.08. The smallest absolute Gasteiger partial charge is 0.340 e. The predicted molar refractivity (Wildman–Crippen MR) is 58.9 cm³/mol. The van der Waals surface area contributed by atoms with Gasteiger partial charge in [-0.25, -0.2) is 9.78 Å². The van der Waals surface area contributed by atoms with Crippen LogP contribution in [0.4, 0.5) is 0 Å². The number of aryl methyl sites for hydroxylation is 1. The van der Waals surface area contributed by atoms with Gasteiger partial charge < -0.3 is 13.9 Å². The summed E-state index contributed by atoms with van der Waals surface area (Å²) in [6.45, 7) is 1.59. The van der Waals surface area contributed by atoms with Crippen molar-refractivity contribution in [2.45, 2.75) is 13.5 Å². The minimum atomic E-state index is -0.513. The van der Waals surface area contributed by atoms with Crippen LogP contribution in [-0.4, -0.2) is 28.3 Å². The molecule has 0 aliphatic carbocycles. The first kappa shape index (κ1) is 12.0. The summed E-state index contributed by atoms with van der Waals surface area (Å²) in [6, 6.07) is 3.14. The second-order valence-electron chi connectivity index (χ2n) is 3.38. The Hall–Kier alpha value is -2.44. The van der Waals surface area contributed by atoms with Crippen molar-refractivity contribution in [3.63, 3.8) is 0 Å². The van der Waals surface area contributed by atoms with Gasteiger partial charge in [-0.3, -0.25) is 0 Å². The van der Waals surface area contributed by atoms with Gasteiger partial charge >= 0.3 is 5.97 Å². The molecule has 94 valence electrons. The van der Waals surface area contributed by atoms with Crippen molar-refractivity contribution >= 4 is 5.97 Å². The first-order valence-corrected chi connectivity index (χ1v) is 5.15. The highest BCUT2D eigenvalue weighted by atomic mass is 16.5. The lowest BCUT2D eigenvalue weighted by Gasteiger charge is -2.02. The van der Waals surface area contributed by atoms with Crippen molar-refractivity contribution in [2.24, 2.45) is 0 Å². The highest BCUT2D eigenvalue weighted by molar-refractivity contribution is 5.88. The van der Waals surface area contributed by atoms with Gasteiger partial charge in [0.2, 0.25) is 11.8 Å². The molecular formula is C11H11N3O4. The van der Waals surface area contributed by atoms with Gasteiger partial charge in [-0.1, -0.05) is 0 Å². The highest BCUT2D eigenvalue weighted by Crippen LogP contribution is 2.09. The van der Waals surface area contributed by atoms with E-state index in [4.69, 9.17) is 13.9 Å². The van der Waals surface area contributed by atoms with Gasteiger partial charge in [0.1, 0.15) is 0 Å². The number of pyridine rings is 1. The number of methoxy groups -OCH3 is 1. The standard InChI is InChI=1S/C11H11N3O4/c1-7-13-14-10(18-7)6-17-11(15)8-3-4-9(16-2)12-5-8/h3-5H,6H2,1-2H3. The van der Waals surface area contributed by atoms with E-state index >= 15 is 0 Å². The molecule has 2 aromatic rings. The van der Waals surface area contributed by atoms with Crippen molar-refractivity contribution in [3.05, 3.63) is 35.7 Å². The minimum Gasteiger partial charge on any atom is -0.481 e. The van der Waals surface area contributed by atoms with E-state index in [1.807, 2.05) is 0 Å². The number of esters is 1. The molecular weight excluding hydrogens is 238 g/mol. The van der Waals surface area contributed by atoms with E-state index in [1.54, 1.807) is 19.1 Å². The van der Waals surface area contributed by atoms with E-state index in [2.05, 4.69) is 15.2 Å². The van der Waals surface area contributed by atoms with Crippen molar-refractivity contribution in [1.82, 2.24) is 15.2 Å². The van der Waals surface area contributed by atoms with Crippen molar-refractivity contribution < 1.29 is 18.7 Å². The van der Waals surface area contributed by atoms with Crippen LogP contribution in [0.3, 0.4) is 0 Å². The molecule has 0 saturated heterocycles. The summed E-state index contributed by atoms with van der Waals surface area (Å²) in [5.41, 5.74) is 0.326. The van der Waals surface area contributed by atoms with E-state index in [9.17, 15) is 4.79 Å². The van der Waals surface area contributed by atoms with E-state index in [1.165, 1.54) is 13.3 Å². The monoisotopic (exact) mass is 249 g/mol. The Kier molecular flexibility index (Phi) is 3.52. The molecule has 0 N–H and O–H groups in total. The second kappa shape index (κ2) is 5.26. The predicted octanol–water partition coefficient (Wildman–Crippen LogP) is 1.14. The maximum Gasteiger partial charge on any atom is 0.340 e. The van der Waals surface area contributed by atoms with Crippen LogP contribution in [0.25, 0.3) is 0 Å². The number of carbonyl (C=O) groups is 1. The molecule has 0 saturated carbocycles. The molecule has 2 aromatic heterocycles. The summed E-state index contributed by atoms with van der Waals surface area (Å²) in [7, 11) is 1.50. The van der Waals surface area contributed by atoms with Crippen molar-refractivity contribution in [3.8, 4) is 5.88 Å². The van der Waals surface area contributed by atoms with E-state index < -0.39 is 5.97 Å².